The van der Waals surface area contributed by atoms with Crippen LogP contribution in [0.15, 0.2) is 169 Å². The molecule has 8 aromatic rings. The number of ether oxygens (including phenoxy) is 2. The first-order chi connectivity index (χ1) is 67.4. The minimum absolute atomic E-state index is 0.0851. The molecule has 1 aliphatic heterocycles. The minimum atomic E-state index is -2.08. The molecule has 144 heavy (non-hydrogen) atoms. The Morgan fingerprint density at radius 1 is 0.431 bits per heavy atom. The second-order valence-electron chi connectivity index (χ2n) is 28.1. The number of carbonyl (C=O) groups excluding carboxylic acids is 10. The summed E-state index contributed by atoms with van der Waals surface area (Å²) in [6, 6.07) is 28.3. The molecule has 0 aliphatic carbocycles. The largest absolute Gasteiger partial charge is 0.507 e. The number of amides is 10. The van der Waals surface area contributed by atoms with E-state index in [1.807, 2.05) is 91.1 Å². The first kappa shape index (κ1) is 127. The van der Waals surface area contributed by atoms with E-state index >= 15 is 0 Å². The molecule has 0 radical (unpaired) electrons. The Hall–Kier alpha value is -13.4. The zero-order chi connectivity index (χ0) is 110. The van der Waals surface area contributed by atoms with Gasteiger partial charge < -0.3 is 154 Å². The standard InChI is InChI=1S/C23H29N3O16S.C17H20N4O9S.C8H10N2OS.C8H9NO2S.C7H7IN2O2.C7H5IN2O2.C7H7IN2O.C7H6INO2/c24-8(21(37)38)1-2-12(28)26-9(19(34)25-5-13(29)30)6-43-18-10(27)3-7(20(35)36)4-11(18)41-23-16(33)14(31)15(32)17(42-23)22(39)40;18-9(17(28)29)2-4-13(22)20-11(15(25)19-6-14(23)24)7-31-12-3-1-8(16(26)27)5-10(12)21-30;1-12-7-3-2-5(8(10)11)4-6(7)9;1-12-7-3-2-5(8(9)11)4-6(7)10;2*8-5-2-1-4(7(9)11)3-6(5)10-12;8-5-2-1-4(7(10)11)3-6(5)9;8-5-2-1-4(7(9)11)3-6(5)10/h3-4,8-9,14-17,23,27,31-33H,1-2,5-6,24H2,(H,25,34)(H,26,28)(H,29,30)(H,35,36)(H,37,38)(H,39,40);1,3,5,9,11H,2,4,6-7,18H2,(H,19,25)(H,20,22)(H,23,24)(H,26,27)(H,28,29);2-4H,9H2,1H3,(H2,10,11);2-4,10H,1H3,(H2,9,11);1-3,10,12H,(H2,9,11);1-3H,(H2,9,11);1-3H,9H2,(H2,10,11);1-3,10H,(H2,9,11)/t8?,9?,14-,15-,16+,17?,23?;;;;;;;/m0......./s1. The van der Waals surface area contributed by atoms with E-state index < -0.39 is 198 Å². The van der Waals surface area contributed by atoms with Gasteiger partial charge in [0.25, 0.3) is 0 Å². The molecule has 1 aliphatic rings. The lowest BCUT2D eigenvalue weighted by Crippen LogP contribution is -2.61. The van der Waals surface area contributed by atoms with Crippen molar-refractivity contribution < 1.29 is 163 Å². The number of aliphatic hydroxyl groups is 3. The van der Waals surface area contributed by atoms with Crippen LogP contribution in [0.2, 0.25) is 0 Å². The molecule has 60 heteroatoms. The highest BCUT2D eigenvalue weighted by atomic mass is 127. The van der Waals surface area contributed by atoms with E-state index in [1.54, 1.807) is 84.9 Å². The van der Waals surface area contributed by atoms with Crippen molar-refractivity contribution >= 4 is 267 Å². The fraction of sp³-hybridized carbons (Fsp3) is 0.226. The van der Waals surface area contributed by atoms with Crippen LogP contribution in [0.3, 0.4) is 0 Å². The van der Waals surface area contributed by atoms with E-state index in [9.17, 15) is 127 Å². The molecule has 39 N–H and O–H groups in total. The molecule has 0 bridgehead atoms. The van der Waals surface area contributed by atoms with Gasteiger partial charge in [-0.3, -0.25) is 77.8 Å². The van der Waals surface area contributed by atoms with Crippen molar-refractivity contribution in [3.8, 4) is 23.0 Å². The number of anilines is 3. The van der Waals surface area contributed by atoms with Crippen molar-refractivity contribution in [2.45, 2.75) is 100 Å². The number of nitrogens with two attached hydrogens (primary N) is 10. The number of carbonyl (C=O) groups is 17. The number of halogens is 4. The number of benzene rings is 8. The number of aromatic carboxylic acids is 2. The van der Waals surface area contributed by atoms with E-state index in [4.69, 9.17) is 103 Å². The average molecular weight is 2540 g/mol. The topological polar surface area (TPSA) is 971 Å². The summed E-state index contributed by atoms with van der Waals surface area (Å²) >= 11 is 12.4. The second-order valence-corrected chi connectivity index (χ2v) is 36.5. The first-order valence-electron chi connectivity index (χ1n) is 39.5. The smallest absolute Gasteiger partial charge is 0.335 e. The fourth-order valence-corrected chi connectivity index (χ4v) is 14.8. The maximum atomic E-state index is 12.6. The molecular weight excluding hydrogens is 2440 g/mol. The molecule has 8 aromatic carbocycles. The molecule has 776 valence electrons. The zero-order valence-electron chi connectivity index (χ0n) is 74.3. The second kappa shape index (κ2) is 63.6. The molecule has 1 saturated heterocycles. The Morgan fingerprint density at radius 3 is 1.22 bits per heavy atom. The van der Waals surface area contributed by atoms with Gasteiger partial charge in [-0.25, -0.2) is 14.4 Å². The predicted molar refractivity (Wildman–Crippen MR) is 552 cm³/mol. The zero-order valence-corrected chi connectivity index (χ0v) is 86.2. The number of nitroso groups, excluding NO2 is 2. The molecule has 9 rings (SSSR count). The molecule has 0 spiro atoms. The van der Waals surface area contributed by atoms with E-state index in [1.165, 1.54) is 59.9 Å². The number of aliphatic hydroxyl groups excluding tert-OH is 3. The molecule has 0 saturated carbocycles. The van der Waals surface area contributed by atoms with Crippen LogP contribution in [0, 0.1) is 24.1 Å². The number of rotatable bonds is 38. The maximum Gasteiger partial charge on any atom is 0.335 e. The van der Waals surface area contributed by atoms with Gasteiger partial charge in [-0.15, -0.1) is 56.9 Å². The number of aromatic hydroxyl groups is 3. The highest BCUT2D eigenvalue weighted by Crippen LogP contribution is 2.41. The van der Waals surface area contributed by atoms with Gasteiger partial charge in [-0.1, -0.05) is 0 Å². The van der Waals surface area contributed by atoms with Crippen molar-refractivity contribution in [3.63, 3.8) is 0 Å². The number of primary amides is 6. The third kappa shape index (κ3) is 44.2. The highest BCUT2D eigenvalue weighted by Gasteiger charge is 2.48. The number of carboxylic acid groups (broad SMARTS) is 7. The third-order valence-electron chi connectivity index (χ3n) is 17.8. The Labute approximate surface area is 884 Å². The Bertz CT molecular complexity index is 5900. The van der Waals surface area contributed by atoms with Gasteiger partial charge in [0.15, 0.2) is 6.10 Å². The van der Waals surface area contributed by atoms with Crippen molar-refractivity contribution in [1.29, 1.82) is 0 Å². The predicted octanol–water partition coefficient (Wildman–Crippen LogP) is 3.43. The van der Waals surface area contributed by atoms with Gasteiger partial charge in [0.2, 0.25) is 65.4 Å². The van der Waals surface area contributed by atoms with Crippen molar-refractivity contribution in [2.24, 2.45) is 56.2 Å². The normalized spacial score (nSPS) is 14.2. The number of hydrogen-bond donors (Lipinski definition) is 29. The van der Waals surface area contributed by atoms with E-state index in [-0.39, 0.29) is 63.2 Å². The summed E-state index contributed by atoms with van der Waals surface area (Å²) in [4.78, 5) is 213. The summed E-state index contributed by atoms with van der Waals surface area (Å²) in [7, 11) is 0. The summed E-state index contributed by atoms with van der Waals surface area (Å²) in [6.45, 7) is -1.54. The SMILES string of the molecule is CSc1ccc(C(N)=O)cc1N.CSc1ccc(C(N)=O)cc1O.NC(=O)c1ccc(I)c(N)c1.NC(=O)c1ccc(I)c(N=O)c1.NC(=O)c1ccc(I)c(NO)c1.NC(=O)c1ccc(I)c(O)c1.NC(CCC(=O)NC(CSc1c(O)cc(C(=O)O)cc1OC1OC(C(=O)O)[C@@H](O)[C@H](O)[C@H]1O)C(=O)NCC(=O)O)C(=O)O.NC(CCC(=O)NC(CSc1ccc(C(=O)O)cc1N=O)C(=O)NCC(=O)O)C(=O)O. The number of nitrogens with one attached hydrogen (secondary N) is 5. The monoisotopic (exact) mass is 2540 g/mol. The van der Waals surface area contributed by atoms with Crippen LogP contribution >= 0.6 is 137 Å². The summed E-state index contributed by atoms with van der Waals surface area (Å²) in [5.41, 5.74) is 57.2. The average Bonchev–Trinajstić information content (AvgIpc) is 0.785. The molecular formula is C84H93I4N17O35S4. The number of phenolic OH excluding ortho intramolecular Hbond substituents is 3. The van der Waals surface area contributed by atoms with Crippen molar-refractivity contribution in [2.75, 3.05) is 54.1 Å². The minimum Gasteiger partial charge on any atom is -0.507 e. The van der Waals surface area contributed by atoms with Gasteiger partial charge in [0.05, 0.1) is 25.3 Å². The van der Waals surface area contributed by atoms with Crippen LogP contribution in [0.4, 0.5) is 28.4 Å². The van der Waals surface area contributed by atoms with Gasteiger partial charge >= 0.3 is 41.8 Å². The number of nitrogen functional groups attached to an aromatic ring is 2. The number of aliphatic carboxylic acids is 5. The number of nitrogens with zero attached hydrogens (tertiary/aromatic N) is 2. The lowest BCUT2D eigenvalue weighted by atomic mass is 9.99. The molecule has 1 fully saturated rings. The molecule has 52 nitrogen and oxygen atoms in total. The van der Waals surface area contributed by atoms with Crippen LogP contribution in [-0.2, 0) is 47.9 Å². The van der Waals surface area contributed by atoms with Crippen molar-refractivity contribution in [1.82, 2.24) is 21.3 Å². The molecule has 0 aromatic heterocycles. The Kier molecular flexibility index (Phi) is 55.9. The van der Waals surface area contributed by atoms with Crippen LogP contribution in [0.5, 0.6) is 23.0 Å². The van der Waals surface area contributed by atoms with E-state index in [0.29, 0.717) is 69.3 Å². The molecule has 9 atom stereocenters. The van der Waals surface area contributed by atoms with Gasteiger partial charge in [-0.05, 0) is 266 Å². The number of thioether (sulfide) groups is 4. The van der Waals surface area contributed by atoms with Crippen LogP contribution < -0.4 is 88.8 Å². The van der Waals surface area contributed by atoms with Gasteiger partial charge in [0, 0.05) is 94.5 Å². The quantitative estimate of drug-likeness (QED) is 0.00866. The van der Waals surface area contributed by atoms with E-state index in [2.05, 4.69) is 48.9 Å². The first-order valence-corrected chi connectivity index (χ1v) is 48.3. The highest BCUT2D eigenvalue weighted by molar-refractivity contribution is 14.1. The number of hydrogen-bond acceptors (Lipinski definition) is 39. The Balaban J connectivity index is 0.000000599. The van der Waals surface area contributed by atoms with Crippen LogP contribution in [-0.4, -0.2) is 264 Å². The number of carboxylic acids is 7. The lowest BCUT2D eigenvalue weighted by molar-refractivity contribution is -0.271. The summed E-state index contributed by atoms with van der Waals surface area (Å²) in [5.74, 6) is -18.1. The maximum absolute atomic E-state index is 12.6. The van der Waals surface area contributed by atoms with Gasteiger partial charge in [0.1, 0.15) is 89.9 Å². The van der Waals surface area contributed by atoms with Crippen molar-refractivity contribution in [3.05, 3.63) is 208 Å². The molecule has 10 amide bonds. The third-order valence-corrected chi connectivity index (χ3v) is 25.5. The molecule has 6 unspecified atom stereocenters. The van der Waals surface area contributed by atoms with Gasteiger partial charge in [-0.2, -0.15) is 0 Å². The fourth-order valence-electron chi connectivity index (χ4n) is 10.3. The summed E-state index contributed by atoms with van der Waals surface area (Å²) in [6.07, 6.45) is -7.78. The Morgan fingerprint density at radius 2 is 0.812 bits per heavy atom. The van der Waals surface area contributed by atoms with E-state index in [0.717, 1.165) is 46.9 Å². The molecule has 1 heterocycles. The summed E-state index contributed by atoms with van der Waals surface area (Å²) in [5, 5.41) is 145. The lowest BCUT2D eigenvalue weighted by Gasteiger charge is -2.38. The van der Waals surface area contributed by atoms with Crippen LogP contribution in [0.1, 0.15) is 109 Å². The summed E-state index contributed by atoms with van der Waals surface area (Å²) < 4.78 is 13.6. The number of phenols is 3. The van der Waals surface area contributed by atoms with Crippen LogP contribution in [0.25, 0.3) is 0 Å².